The normalized spacial score (nSPS) is 13.1. The lowest BCUT2D eigenvalue weighted by atomic mass is 10.1. The van der Waals surface area contributed by atoms with Gasteiger partial charge in [0.25, 0.3) is 17.7 Å². The van der Waals surface area contributed by atoms with Gasteiger partial charge in [0, 0.05) is 25.2 Å². The van der Waals surface area contributed by atoms with Gasteiger partial charge in [-0.3, -0.25) is 24.1 Å². The number of nitrogens with one attached hydrogen (secondary N) is 1. The van der Waals surface area contributed by atoms with Crippen molar-refractivity contribution in [2.75, 3.05) is 19.0 Å². The lowest BCUT2D eigenvalue weighted by Crippen LogP contribution is -2.35. The summed E-state index contributed by atoms with van der Waals surface area (Å²) in [4.78, 5) is 56.6. The number of benzene rings is 2. The van der Waals surface area contributed by atoms with Crippen molar-refractivity contribution in [3.05, 3.63) is 64.7 Å². The lowest BCUT2D eigenvalue weighted by Gasteiger charge is -2.26. The number of amides is 4. The Bertz CT molecular complexity index is 1050. The van der Waals surface area contributed by atoms with Gasteiger partial charge in [0.05, 0.1) is 16.8 Å². The Morgan fingerprint density at radius 2 is 1.62 bits per heavy atom. The third-order valence-corrected chi connectivity index (χ3v) is 4.71. The van der Waals surface area contributed by atoms with Gasteiger partial charge >= 0.3 is 6.09 Å². The van der Waals surface area contributed by atoms with Gasteiger partial charge in [0.2, 0.25) is 0 Å². The van der Waals surface area contributed by atoms with Crippen LogP contribution in [-0.4, -0.2) is 48.6 Å². The minimum absolute atomic E-state index is 0.192. The van der Waals surface area contributed by atoms with E-state index in [1.807, 2.05) is 0 Å². The number of hydrogen-bond acceptors (Lipinski definition) is 6. The summed E-state index contributed by atoms with van der Waals surface area (Å²) in [7, 11) is 3.00. The molecule has 0 radical (unpaired) electrons. The van der Waals surface area contributed by atoms with Crippen LogP contribution in [0.25, 0.3) is 0 Å². The Hall–Kier alpha value is -3.72. The summed E-state index contributed by atoms with van der Waals surface area (Å²) in [5.41, 5.74) is 0.944. The molecule has 4 amide bonds. The molecule has 1 heterocycles. The summed E-state index contributed by atoms with van der Waals surface area (Å²) in [5.74, 6) is -1.46. The van der Waals surface area contributed by atoms with E-state index in [4.69, 9.17) is 9.57 Å². The second-order valence-corrected chi connectivity index (χ2v) is 8.19. The Morgan fingerprint density at radius 3 is 2.16 bits per heavy atom. The van der Waals surface area contributed by atoms with Crippen LogP contribution in [0.15, 0.2) is 42.5 Å². The second-order valence-electron chi connectivity index (χ2n) is 8.19. The molecular formula is C23H25N3O6. The highest BCUT2D eigenvalue weighted by molar-refractivity contribution is 6.20. The number of ether oxygens (including phenoxy) is 1. The molecule has 3 rings (SSSR count). The maximum Gasteiger partial charge on any atom is 0.414 e. The zero-order chi connectivity index (χ0) is 23.6. The van der Waals surface area contributed by atoms with Crippen LogP contribution in [0.4, 0.5) is 10.5 Å². The van der Waals surface area contributed by atoms with Crippen LogP contribution in [0.2, 0.25) is 0 Å². The first-order valence-corrected chi connectivity index (χ1v) is 9.96. The van der Waals surface area contributed by atoms with Crippen LogP contribution in [0.3, 0.4) is 0 Å². The molecule has 0 bridgehead atoms. The Kier molecular flexibility index (Phi) is 6.31. The highest BCUT2D eigenvalue weighted by Crippen LogP contribution is 2.27. The highest BCUT2D eigenvalue weighted by Gasteiger charge is 2.36. The van der Waals surface area contributed by atoms with E-state index in [0.717, 1.165) is 0 Å². The van der Waals surface area contributed by atoms with Crippen molar-refractivity contribution >= 4 is 29.5 Å². The number of hydroxylamine groups is 2. The van der Waals surface area contributed by atoms with Gasteiger partial charge < -0.3 is 10.1 Å². The number of imide groups is 1. The molecule has 32 heavy (non-hydrogen) atoms. The minimum Gasteiger partial charge on any atom is -0.443 e. The second kappa shape index (κ2) is 8.80. The van der Waals surface area contributed by atoms with Gasteiger partial charge in [0.15, 0.2) is 0 Å². The fraction of sp³-hybridized carbons (Fsp3) is 0.304. The van der Waals surface area contributed by atoms with Gasteiger partial charge in [-0.05, 0) is 45.0 Å². The van der Waals surface area contributed by atoms with Crippen LogP contribution < -0.4 is 10.2 Å². The molecule has 2 aromatic carbocycles. The number of nitrogens with zero attached hydrogens (tertiary/aromatic N) is 2. The third-order valence-electron chi connectivity index (χ3n) is 4.71. The van der Waals surface area contributed by atoms with Crippen molar-refractivity contribution in [2.45, 2.75) is 33.0 Å². The van der Waals surface area contributed by atoms with E-state index in [1.165, 1.54) is 25.1 Å². The smallest absolute Gasteiger partial charge is 0.414 e. The zero-order valence-electron chi connectivity index (χ0n) is 18.6. The minimum atomic E-state index is -0.722. The molecule has 0 aliphatic carbocycles. The summed E-state index contributed by atoms with van der Waals surface area (Å²) >= 11 is 0. The van der Waals surface area contributed by atoms with E-state index in [9.17, 15) is 19.2 Å². The molecule has 1 aliphatic heterocycles. The largest absolute Gasteiger partial charge is 0.443 e. The summed E-state index contributed by atoms with van der Waals surface area (Å²) in [6.45, 7) is 5.03. The Morgan fingerprint density at radius 1 is 1.03 bits per heavy atom. The van der Waals surface area contributed by atoms with Crippen molar-refractivity contribution in [1.29, 1.82) is 0 Å². The molecule has 0 atom stereocenters. The number of carbonyl (C=O) groups is 4. The molecule has 0 fully saturated rings. The van der Waals surface area contributed by atoms with E-state index in [2.05, 4.69) is 5.32 Å². The maximum atomic E-state index is 12.6. The predicted octanol–water partition coefficient (Wildman–Crippen LogP) is 3.15. The first-order chi connectivity index (χ1) is 15.0. The van der Waals surface area contributed by atoms with Gasteiger partial charge in [-0.2, -0.15) is 0 Å². The van der Waals surface area contributed by atoms with Crippen molar-refractivity contribution in [3.8, 4) is 0 Å². The predicted molar refractivity (Wildman–Crippen MR) is 116 cm³/mol. The topological polar surface area (TPSA) is 105 Å². The van der Waals surface area contributed by atoms with Crippen LogP contribution in [0, 0.1) is 0 Å². The number of anilines is 1. The molecule has 0 aromatic heterocycles. The summed E-state index contributed by atoms with van der Waals surface area (Å²) in [6, 6.07) is 11.1. The average molecular weight is 439 g/mol. The van der Waals surface area contributed by atoms with E-state index < -0.39 is 23.5 Å². The quantitative estimate of drug-likeness (QED) is 0.718. The van der Waals surface area contributed by atoms with Gasteiger partial charge in [-0.1, -0.05) is 18.2 Å². The number of fused-ring (bicyclic) bond motifs is 1. The summed E-state index contributed by atoms with van der Waals surface area (Å²) in [6.07, 6.45) is -0.631. The summed E-state index contributed by atoms with van der Waals surface area (Å²) in [5, 5.41) is 3.23. The number of hydrogen-bond donors (Lipinski definition) is 1. The van der Waals surface area contributed by atoms with Crippen molar-refractivity contribution in [2.24, 2.45) is 0 Å². The molecule has 0 spiro atoms. The molecule has 1 aliphatic rings. The summed E-state index contributed by atoms with van der Waals surface area (Å²) < 4.78 is 5.42. The molecule has 9 heteroatoms. The Balaban J connectivity index is 1.87. The molecule has 1 N–H and O–H groups in total. The molecule has 0 saturated heterocycles. The van der Waals surface area contributed by atoms with Crippen molar-refractivity contribution < 1.29 is 28.8 Å². The molecular weight excluding hydrogens is 414 g/mol. The van der Waals surface area contributed by atoms with E-state index in [-0.39, 0.29) is 23.6 Å². The van der Waals surface area contributed by atoms with Crippen molar-refractivity contribution in [3.63, 3.8) is 0 Å². The van der Waals surface area contributed by atoms with Gasteiger partial charge in [0.1, 0.15) is 12.2 Å². The standard InChI is InChI=1S/C23H25N3O6/c1-23(2,3)32-22(30)25(5)18-12-14(19(27)24-4)10-11-15(18)13-31-26-20(28)16-8-6-7-9-17(16)21(26)29/h6-12H,13H2,1-5H3,(H,24,27). The molecule has 2 aromatic rings. The number of rotatable bonds is 5. The fourth-order valence-electron chi connectivity index (χ4n) is 3.13. The van der Waals surface area contributed by atoms with E-state index in [0.29, 0.717) is 21.9 Å². The highest BCUT2D eigenvalue weighted by atomic mass is 16.7. The SMILES string of the molecule is CNC(=O)c1ccc(CON2C(=O)c3ccccc3C2=O)c(N(C)C(=O)OC(C)(C)C)c1. The molecule has 0 saturated carbocycles. The average Bonchev–Trinajstić information content (AvgIpc) is 3.00. The van der Waals surface area contributed by atoms with Crippen LogP contribution in [-0.2, 0) is 16.2 Å². The van der Waals surface area contributed by atoms with Crippen LogP contribution in [0.1, 0.15) is 57.4 Å². The van der Waals surface area contributed by atoms with Crippen LogP contribution in [0.5, 0.6) is 0 Å². The molecule has 168 valence electrons. The lowest BCUT2D eigenvalue weighted by molar-refractivity contribution is -0.100. The van der Waals surface area contributed by atoms with Crippen LogP contribution >= 0.6 is 0 Å². The molecule has 0 unspecified atom stereocenters. The first-order valence-electron chi connectivity index (χ1n) is 9.96. The zero-order valence-corrected chi connectivity index (χ0v) is 18.6. The van der Waals surface area contributed by atoms with E-state index >= 15 is 0 Å². The first kappa shape index (κ1) is 23.0. The van der Waals surface area contributed by atoms with E-state index in [1.54, 1.807) is 57.2 Å². The monoisotopic (exact) mass is 439 g/mol. The fourth-order valence-corrected chi connectivity index (χ4v) is 3.13. The van der Waals surface area contributed by atoms with Gasteiger partial charge in [-0.25, -0.2) is 4.79 Å². The van der Waals surface area contributed by atoms with Crippen molar-refractivity contribution in [1.82, 2.24) is 10.4 Å². The number of carbonyl (C=O) groups excluding carboxylic acids is 4. The molecule has 9 nitrogen and oxygen atoms in total. The van der Waals surface area contributed by atoms with Gasteiger partial charge in [-0.15, -0.1) is 5.06 Å². The third kappa shape index (κ3) is 4.62. The maximum absolute atomic E-state index is 12.6. The Labute approximate surface area is 185 Å².